The number of ether oxygens (including phenoxy) is 2. The van der Waals surface area contributed by atoms with E-state index in [0.29, 0.717) is 18.0 Å². The van der Waals surface area contributed by atoms with Gasteiger partial charge in [-0.3, -0.25) is 0 Å². The number of nitrogens with zero attached hydrogens (tertiary/aromatic N) is 3. The number of aryl methyl sites for hydroxylation is 1. The van der Waals surface area contributed by atoms with Gasteiger partial charge in [-0.1, -0.05) is 62.4 Å². The quantitative estimate of drug-likeness (QED) is 0.375. The van der Waals surface area contributed by atoms with Crippen LogP contribution in [0.15, 0.2) is 35.3 Å². The van der Waals surface area contributed by atoms with Crippen molar-refractivity contribution in [2.45, 2.75) is 108 Å². The zero-order valence-electron chi connectivity index (χ0n) is 22.9. The van der Waals surface area contributed by atoms with Crippen molar-refractivity contribution in [3.63, 3.8) is 0 Å². The van der Waals surface area contributed by atoms with Crippen LogP contribution in [0.3, 0.4) is 0 Å². The lowest BCUT2D eigenvalue weighted by Gasteiger charge is -2.43. The van der Waals surface area contributed by atoms with Crippen LogP contribution < -0.4 is 0 Å². The molecule has 1 aromatic rings. The Bertz CT molecular complexity index is 846. The average Bonchev–Trinajstić information content (AvgIpc) is 3.21. The van der Waals surface area contributed by atoms with Crippen molar-refractivity contribution >= 4 is 12.5 Å². The lowest BCUT2D eigenvalue weighted by molar-refractivity contribution is -0.0530. The third kappa shape index (κ3) is 6.62. The van der Waals surface area contributed by atoms with Crippen molar-refractivity contribution < 1.29 is 14.3 Å². The molecule has 0 amide bonds. The van der Waals surface area contributed by atoms with Gasteiger partial charge in [0.1, 0.15) is 0 Å². The van der Waals surface area contributed by atoms with Gasteiger partial charge >= 0.3 is 6.16 Å². The molecule has 0 spiro atoms. The number of benzene rings is 1. The highest BCUT2D eigenvalue weighted by molar-refractivity contribution is 5.64. The van der Waals surface area contributed by atoms with Crippen LogP contribution in [0.5, 0.6) is 0 Å². The average molecular weight is 498 g/mol. The second kappa shape index (κ2) is 12.4. The molecule has 200 valence electrons. The molecule has 3 atom stereocenters. The molecule has 2 fully saturated rings. The van der Waals surface area contributed by atoms with Crippen molar-refractivity contribution in [1.29, 1.82) is 0 Å². The van der Waals surface area contributed by atoms with Gasteiger partial charge in [0, 0.05) is 12.1 Å². The molecule has 36 heavy (non-hydrogen) atoms. The van der Waals surface area contributed by atoms with Crippen molar-refractivity contribution in [3.8, 4) is 0 Å². The summed E-state index contributed by atoms with van der Waals surface area (Å²) < 4.78 is 10.6. The van der Waals surface area contributed by atoms with E-state index in [1.807, 2.05) is 13.3 Å². The van der Waals surface area contributed by atoms with Crippen molar-refractivity contribution in [3.05, 3.63) is 35.9 Å². The first kappa shape index (κ1) is 27.0. The number of carbonyl (C=O) groups is 1. The molecule has 1 heterocycles. The Balaban J connectivity index is 1.37. The van der Waals surface area contributed by atoms with Crippen molar-refractivity contribution in [2.24, 2.45) is 16.8 Å². The van der Waals surface area contributed by atoms with E-state index in [1.54, 1.807) is 0 Å². The zero-order valence-corrected chi connectivity index (χ0v) is 22.9. The summed E-state index contributed by atoms with van der Waals surface area (Å²) >= 11 is 0. The molecule has 0 radical (unpaired) electrons. The Morgan fingerprint density at radius 2 is 1.78 bits per heavy atom. The molecular weight excluding hydrogens is 450 g/mol. The Kier molecular flexibility index (Phi) is 9.32. The molecule has 0 N–H and O–H groups in total. The number of carbonyl (C=O) groups excluding carboxylic acids is 1. The van der Waals surface area contributed by atoms with Gasteiger partial charge in [-0.2, -0.15) is 0 Å². The van der Waals surface area contributed by atoms with Crippen LogP contribution in [0.1, 0.15) is 83.1 Å². The van der Waals surface area contributed by atoms with E-state index in [9.17, 15) is 4.79 Å². The summed E-state index contributed by atoms with van der Waals surface area (Å²) in [6.07, 6.45) is 16.0. The summed E-state index contributed by atoms with van der Waals surface area (Å²) in [5.41, 5.74) is 0.565. The van der Waals surface area contributed by atoms with Crippen LogP contribution in [0, 0.1) is 11.8 Å². The first-order valence-electron chi connectivity index (χ1n) is 14.2. The maximum atomic E-state index is 12.1. The smallest absolute Gasteiger partial charge is 0.438 e. The van der Waals surface area contributed by atoms with E-state index in [1.165, 1.54) is 76.9 Å². The Hall–Kier alpha value is -2.08. The number of aliphatic imine (C=N–C) groups is 1. The minimum Gasteiger partial charge on any atom is -0.438 e. The van der Waals surface area contributed by atoms with Crippen LogP contribution in [-0.2, 0) is 15.9 Å². The standard InChI is InChI=1S/C30H47N3O3/c1-30(36-29(34)35-4)28(33(22-31-30)26-13-9-6-10-14-26)21-24-15-18-25(19-16-24)27(32(2)3)20-17-23-11-7-5-8-12-23/h5,7-8,11-12,22,24-28H,6,9-10,13-21H2,1-4H3. The molecule has 4 rings (SSSR count). The fourth-order valence-corrected chi connectivity index (χ4v) is 7.00. The number of hydrogen-bond acceptors (Lipinski definition) is 6. The van der Waals surface area contributed by atoms with Crippen LogP contribution >= 0.6 is 0 Å². The van der Waals surface area contributed by atoms with Crippen LogP contribution in [0.4, 0.5) is 4.79 Å². The number of hydrogen-bond donors (Lipinski definition) is 0. The lowest BCUT2D eigenvalue weighted by atomic mass is 9.74. The summed E-state index contributed by atoms with van der Waals surface area (Å²) in [6, 6.07) is 12.1. The molecule has 2 aliphatic carbocycles. The predicted molar refractivity (Wildman–Crippen MR) is 145 cm³/mol. The van der Waals surface area contributed by atoms with Gasteiger partial charge in [-0.05, 0) is 83.4 Å². The molecule has 6 heteroatoms. The summed E-state index contributed by atoms with van der Waals surface area (Å²) in [5.74, 6) is 1.38. The van der Waals surface area contributed by atoms with Gasteiger partial charge < -0.3 is 19.3 Å². The van der Waals surface area contributed by atoms with E-state index in [0.717, 1.165) is 18.8 Å². The molecule has 0 saturated heterocycles. The molecule has 1 aromatic carbocycles. The van der Waals surface area contributed by atoms with E-state index in [2.05, 4.69) is 54.2 Å². The van der Waals surface area contributed by atoms with E-state index in [4.69, 9.17) is 14.5 Å². The van der Waals surface area contributed by atoms with Crippen LogP contribution in [0.25, 0.3) is 0 Å². The minimum absolute atomic E-state index is 0.0870. The second-order valence-electron chi connectivity index (χ2n) is 11.7. The lowest BCUT2D eigenvalue weighted by Crippen LogP contribution is -2.51. The number of methoxy groups -OCH3 is 1. The maximum Gasteiger partial charge on any atom is 0.510 e. The number of rotatable bonds is 9. The van der Waals surface area contributed by atoms with Gasteiger partial charge in [0.2, 0.25) is 5.72 Å². The Morgan fingerprint density at radius 3 is 2.42 bits per heavy atom. The van der Waals surface area contributed by atoms with Gasteiger partial charge in [0.25, 0.3) is 0 Å². The predicted octanol–water partition coefficient (Wildman–Crippen LogP) is 6.29. The van der Waals surface area contributed by atoms with Gasteiger partial charge in [0.15, 0.2) is 0 Å². The summed E-state index contributed by atoms with van der Waals surface area (Å²) in [7, 11) is 5.86. The SMILES string of the molecule is COC(=O)OC1(C)N=CN(C2CCCCC2)C1CC1CCC(C(CCc2ccccc2)N(C)C)CC1. The third-order valence-corrected chi connectivity index (χ3v) is 9.11. The Morgan fingerprint density at radius 1 is 1.08 bits per heavy atom. The van der Waals surface area contributed by atoms with Crippen molar-refractivity contribution in [2.75, 3.05) is 21.2 Å². The highest BCUT2D eigenvalue weighted by Gasteiger charge is 2.48. The largest absolute Gasteiger partial charge is 0.510 e. The molecule has 3 unspecified atom stereocenters. The van der Waals surface area contributed by atoms with Crippen molar-refractivity contribution in [1.82, 2.24) is 9.80 Å². The first-order valence-corrected chi connectivity index (χ1v) is 14.2. The third-order valence-electron chi connectivity index (χ3n) is 9.11. The normalized spacial score (nSPS) is 29.9. The fraction of sp³-hybridized carbons (Fsp3) is 0.733. The second-order valence-corrected chi connectivity index (χ2v) is 11.7. The van der Waals surface area contributed by atoms with Gasteiger partial charge in [0.05, 0.1) is 19.5 Å². The Labute approximate surface area is 218 Å². The first-order chi connectivity index (χ1) is 17.4. The highest BCUT2D eigenvalue weighted by Crippen LogP contribution is 2.41. The molecular formula is C30H47N3O3. The molecule has 6 nitrogen and oxygen atoms in total. The van der Waals surface area contributed by atoms with Gasteiger partial charge in [-0.25, -0.2) is 9.79 Å². The highest BCUT2D eigenvalue weighted by atomic mass is 16.7. The molecule has 0 bridgehead atoms. The molecule has 1 aliphatic heterocycles. The molecule has 3 aliphatic rings. The van der Waals surface area contributed by atoms with Gasteiger partial charge in [-0.15, -0.1) is 0 Å². The van der Waals surface area contributed by atoms with Crippen LogP contribution in [-0.4, -0.2) is 67.3 Å². The topological polar surface area (TPSA) is 54.4 Å². The maximum absolute atomic E-state index is 12.1. The van der Waals surface area contributed by atoms with Crippen LogP contribution in [0.2, 0.25) is 0 Å². The van der Waals surface area contributed by atoms with E-state index in [-0.39, 0.29) is 6.04 Å². The van der Waals surface area contributed by atoms with E-state index < -0.39 is 11.9 Å². The minimum atomic E-state index is -0.872. The zero-order chi connectivity index (χ0) is 25.5. The van der Waals surface area contributed by atoms with E-state index >= 15 is 0 Å². The summed E-state index contributed by atoms with van der Waals surface area (Å²) in [6.45, 7) is 1.96. The molecule has 2 saturated carbocycles. The molecule has 0 aromatic heterocycles. The summed E-state index contributed by atoms with van der Waals surface area (Å²) in [4.78, 5) is 21.7. The fourth-order valence-electron chi connectivity index (χ4n) is 7.00. The summed E-state index contributed by atoms with van der Waals surface area (Å²) in [5, 5.41) is 0. The monoisotopic (exact) mass is 497 g/mol.